The highest BCUT2D eigenvalue weighted by Crippen LogP contribution is 2.23. The molecule has 0 unspecified atom stereocenters. The fourth-order valence-corrected chi connectivity index (χ4v) is 2.78. The second-order valence-corrected chi connectivity index (χ2v) is 5.44. The van der Waals surface area contributed by atoms with Gasteiger partial charge in [-0.05, 0) is 5.56 Å². The molecule has 3 rings (SSSR count). The molecule has 2 heterocycles. The third-order valence-electron chi connectivity index (χ3n) is 3.02. The first-order valence-corrected chi connectivity index (χ1v) is 7.40. The maximum atomic E-state index is 12.2. The number of nitrogens with zero attached hydrogens (tertiary/aromatic N) is 3. The van der Waals surface area contributed by atoms with E-state index in [1.807, 2.05) is 35.7 Å². The van der Waals surface area contributed by atoms with Gasteiger partial charge in [0.2, 0.25) is 5.91 Å². The lowest BCUT2D eigenvalue weighted by Crippen LogP contribution is -2.31. The van der Waals surface area contributed by atoms with E-state index < -0.39 is 0 Å². The summed E-state index contributed by atoms with van der Waals surface area (Å²) in [6.07, 6.45) is 6.79. The smallest absolute Gasteiger partial charge is 0.240 e. The minimum Gasteiger partial charge on any atom is -0.341 e. The van der Waals surface area contributed by atoms with Crippen LogP contribution < -0.4 is 5.32 Å². The van der Waals surface area contributed by atoms with Gasteiger partial charge in [-0.25, -0.2) is 9.97 Å². The van der Waals surface area contributed by atoms with E-state index in [1.54, 1.807) is 29.5 Å². The number of nitrogens with one attached hydrogen (secondary N) is 1. The number of rotatable bonds is 5. The highest BCUT2D eigenvalue weighted by Gasteiger charge is 2.18. The van der Waals surface area contributed by atoms with Gasteiger partial charge in [-0.1, -0.05) is 30.3 Å². The van der Waals surface area contributed by atoms with Gasteiger partial charge in [0, 0.05) is 24.0 Å². The topological polar surface area (TPSA) is 59.8 Å². The Balaban J connectivity index is 1.78. The molecule has 0 radical (unpaired) electrons. The van der Waals surface area contributed by atoms with Crippen LogP contribution >= 0.6 is 11.3 Å². The average Bonchev–Trinajstić information content (AvgIpc) is 3.19. The van der Waals surface area contributed by atoms with Gasteiger partial charge in [-0.15, -0.1) is 11.3 Å². The van der Waals surface area contributed by atoms with E-state index >= 15 is 0 Å². The van der Waals surface area contributed by atoms with Crippen LogP contribution in [0.25, 0.3) is 0 Å². The molecule has 5 nitrogen and oxygen atoms in total. The fraction of sp³-hybridized carbons (Fsp3) is 0.133. The SMILES string of the molecule is O=C(Cn1ccnc1)N[C@@H](c1ccccc1)c1nccs1. The summed E-state index contributed by atoms with van der Waals surface area (Å²) in [5.74, 6) is -0.0722. The summed E-state index contributed by atoms with van der Waals surface area (Å²) in [4.78, 5) is 20.5. The molecule has 1 aromatic carbocycles. The molecule has 6 heteroatoms. The zero-order valence-corrected chi connectivity index (χ0v) is 12.0. The molecule has 0 saturated heterocycles. The van der Waals surface area contributed by atoms with Crippen molar-refractivity contribution in [2.45, 2.75) is 12.6 Å². The number of benzene rings is 1. The lowest BCUT2D eigenvalue weighted by atomic mass is 10.1. The Kier molecular flexibility index (Phi) is 4.07. The van der Waals surface area contributed by atoms with E-state index in [9.17, 15) is 4.79 Å². The van der Waals surface area contributed by atoms with Crippen LogP contribution in [0.3, 0.4) is 0 Å². The van der Waals surface area contributed by atoms with Crippen molar-refractivity contribution < 1.29 is 4.79 Å². The predicted molar refractivity (Wildman–Crippen MR) is 80.8 cm³/mol. The number of hydrogen-bond acceptors (Lipinski definition) is 4. The largest absolute Gasteiger partial charge is 0.341 e. The monoisotopic (exact) mass is 298 g/mol. The standard InChI is InChI=1S/C15H14N4OS/c20-13(10-19-8-6-16-11-19)18-14(15-17-7-9-21-15)12-4-2-1-3-5-12/h1-9,11,14H,10H2,(H,18,20)/t14-/m0/s1. The van der Waals surface area contributed by atoms with Crippen LogP contribution in [-0.4, -0.2) is 20.4 Å². The number of thiazole rings is 1. The van der Waals surface area contributed by atoms with E-state index in [1.165, 1.54) is 11.3 Å². The molecule has 0 spiro atoms. The number of aromatic nitrogens is 3. The Labute approximate surface area is 126 Å². The molecule has 21 heavy (non-hydrogen) atoms. The molecular weight excluding hydrogens is 284 g/mol. The van der Waals surface area contributed by atoms with Crippen LogP contribution in [0.15, 0.2) is 60.6 Å². The lowest BCUT2D eigenvalue weighted by Gasteiger charge is -2.17. The van der Waals surface area contributed by atoms with Crippen LogP contribution in [0.5, 0.6) is 0 Å². The molecule has 0 aliphatic carbocycles. The first kappa shape index (κ1) is 13.5. The van der Waals surface area contributed by atoms with Gasteiger partial charge in [0.05, 0.1) is 6.33 Å². The molecule has 1 atom stereocenters. The van der Waals surface area contributed by atoms with E-state index in [0.29, 0.717) is 0 Å². The Morgan fingerprint density at radius 2 is 2.14 bits per heavy atom. The Bertz CT molecular complexity index is 680. The highest BCUT2D eigenvalue weighted by atomic mass is 32.1. The summed E-state index contributed by atoms with van der Waals surface area (Å²) in [5.41, 5.74) is 1.02. The molecule has 2 aromatic heterocycles. The van der Waals surface area contributed by atoms with E-state index in [2.05, 4.69) is 15.3 Å². The quantitative estimate of drug-likeness (QED) is 0.786. The molecule has 0 aliphatic heterocycles. The van der Waals surface area contributed by atoms with E-state index in [0.717, 1.165) is 10.6 Å². The summed E-state index contributed by atoms with van der Waals surface area (Å²) < 4.78 is 1.74. The fourth-order valence-electron chi connectivity index (χ4n) is 2.06. The van der Waals surface area contributed by atoms with Gasteiger partial charge in [-0.3, -0.25) is 4.79 Å². The third-order valence-corrected chi connectivity index (χ3v) is 3.86. The maximum Gasteiger partial charge on any atom is 0.240 e. The number of carbonyl (C=O) groups excluding carboxylic acids is 1. The first-order chi connectivity index (χ1) is 10.3. The molecule has 0 fully saturated rings. The van der Waals surface area contributed by atoms with Crippen LogP contribution in [0, 0.1) is 0 Å². The normalized spacial score (nSPS) is 12.0. The molecule has 0 saturated carbocycles. The lowest BCUT2D eigenvalue weighted by molar-refractivity contribution is -0.122. The number of amides is 1. The summed E-state index contributed by atoms with van der Waals surface area (Å²) >= 11 is 1.53. The Hall–Kier alpha value is -2.47. The van der Waals surface area contributed by atoms with Crippen molar-refractivity contribution >= 4 is 17.2 Å². The van der Waals surface area contributed by atoms with Crippen molar-refractivity contribution in [3.05, 3.63) is 71.2 Å². The Morgan fingerprint density at radius 1 is 1.29 bits per heavy atom. The van der Waals surface area contributed by atoms with Crippen molar-refractivity contribution in [3.8, 4) is 0 Å². The number of carbonyl (C=O) groups is 1. The molecule has 3 aromatic rings. The molecule has 1 N–H and O–H groups in total. The van der Waals surface area contributed by atoms with Crippen LogP contribution in [0.4, 0.5) is 0 Å². The molecule has 106 valence electrons. The van der Waals surface area contributed by atoms with Gasteiger partial charge in [0.1, 0.15) is 17.6 Å². The van der Waals surface area contributed by atoms with Crippen molar-refractivity contribution in [1.82, 2.24) is 19.9 Å². The van der Waals surface area contributed by atoms with E-state index in [-0.39, 0.29) is 18.5 Å². The van der Waals surface area contributed by atoms with Gasteiger partial charge in [0.15, 0.2) is 0 Å². The molecule has 1 amide bonds. The highest BCUT2D eigenvalue weighted by molar-refractivity contribution is 7.09. The van der Waals surface area contributed by atoms with Crippen LogP contribution in [-0.2, 0) is 11.3 Å². The first-order valence-electron chi connectivity index (χ1n) is 6.52. The minimum absolute atomic E-state index is 0.0722. The number of hydrogen-bond donors (Lipinski definition) is 1. The van der Waals surface area contributed by atoms with Crippen molar-refractivity contribution in [2.24, 2.45) is 0 Å². The number of imidazole rings is 1. The van der Waals surface area contributed by atoms with Crippen molar-refractivity contribution in [3.63, 3.8) is 0 Å². The van der Waals surface area contributed by atoms with Crippen LogP contribution in [0.1, 0.15) is 16.6 Å². The predicted octanol–water partition coefficient (Wildman–Crippen LogP) is 2.25. The summed E-state index contributed by atoms with van der Waals surface area (Å²) in [7, 11) is 0. The van der Waals surface area contributed by atoms with Gasteiger partial charge in [0.25, 0.3) is 0 Å². The minimum atomic E-state index is -0.220. The molecule has 0 aliphatic rings. The summed E-state index contributed by atoms with van der Waals surface area (Å²) in [6, 6.07) is 9.63. The maximum absolute atomic E-state index is 12.2. The van der Waals surface area contributed by atoms with Gasteiger partial charge < -0.3 is 9.88 Å². The van der Waals surface area contributed by atoms with Crippen LogP contribution in [0.2, 0.25) is 0 Å². The summed E-state index contributed by atoms with van der Waals surface area (Å²) in [5, 5.41) is 5.82. The summed E-state index contributed by atoms with van der Waals surface area (Å²) in [6.45, 7) is 0.245. The van der Waals surface area contributed by atoms with Gasteiger partial charge in [-0.2, -0.15) is 0 Å². The van der Waals surface area contributed by atoms with Crippen molar-refractivity contribution in [2.75, 3.05) is 0 Å². The average molecular weight is 298 g/mol. The molecule has 0 bridgehead atoms. The molecular formula is C15H14N4OS. The van der Waals surface area contributed by atoms with Gasteiger partial charge >= 0.3 is 0 Å². The second-order valence-electron chi connectivity index (χ2n) is 4.52. The zero-order chi connectivity index (χ0) is 14.5. The third kappa shape index (κ3) is 3.35. The zero-order valence-electron chi connectivity index (χ0n) is 11.2. The second kappa shape index (κ2) is 6.32. The van der Waals surface area contributed by atoms with Crippen molar-refractivity contribution in [1.29, 1.82) is 0 Å². The van der Waals surface area contributed by atoms with E-state index in [4.69, 9.17) is 0 Å². The Morgan fingerprint density at radius 3 is 2.81 bits per heavy atom.